The highest BCUT2D eigenvalue weighted by atomic mass is 16.3. The van der Waals surface area contributed by atoms with E-state index in [1.165, 1.54) is 17.0 Å². The zero-order valence-corrected chi connectivity index (χ0v) is 16.6. The van der Waals surface area contributed by atoms with Gasteiger partial charge in [0.1, 0.15) is 17.1 Å². The van der Waals surface area contributed by atoms with Crippen molar-refractivity contribution in [1.29, 1.82) is 0 Å². The normalized spacial score (nSPS) is 12.2. The standard InChI is InChI=1S/C21H23N3O5/c1-11(2)15(14-9-6-10-29-14)23-17-16(19(26)20(17)27)22-13-8-5-7-12(18(13)25)21(28)24(3)4/h5-11,15,22-23,25H,1-4H3/t15-/m0/s1. The molecule has 152 valence electrons. The van der Waals surface area contributed by atoms with Gasteiger partial charge >= 0.3 is 0 Å². The van der Waals surface area contributed by atoms with E-state index in [4.69, 9.17) is 4.42 Å². The Hall–Kier alpha value is -3.55. The molecule has 0 aliphatic carbocycles. The van der Waals surface area contributed by atoms with Gasteiger partial charge in [-0.1, -0.05) is 19.9 Å². The Morgan fingerprint density at radius 3 is 2.34 bits per heavy atom. The van der Waals surface area contributed by atoms with Gasteiger partial charge in [-0.2, -0.15) is 0 Å². The number of hydrogen-bond acceptors (Lipinski definition) is 7. The number of rotatable bonds is 7. The van der Waals surface area contributed by atoms with Crippen molar-refractivity contribution in [2.75, 3.05) is 24.7 Å². The second kappa shape index (κ2) is 7.83. The highest BCUT2D eigenvalue weighted by Gasteiger charge is 2.28. The number of hydrogen-bond donors (Lipinski definition) is 3. The van der Waals surface area contributed by atoms with Gasteiger partial charge in [0.25, 0.3) is 16.8 Å². The predicted octanol–water partition coefficient (Wildman–Crippen LogP) is 2.84. The van der Waals surface area contributed by atoms with Gasteiger partial charge in [0.15, 0.2) is 5.75 Å². The van der Waals surface area contributed by atoms with E-state index in [1.807, 2.05) is 13.8 Å². The minimum absolute atomic E-state index is 0.0389. The molecule has 1 amide bonds. The first kappa shape index (κ1) is 20.2. The number of anilines is 3. The molecular weight excluding hydrogens is 374 g/mol. The van der Waals surface area contributed by atoms with Crippen molar-refractivity contribution >= 4 is 23.0 Å². The van der Waals surface area contributed by atoms with Crippen LogP contribution in [0.2, 0.25) is 0 Å². The zero-order chi connectivity index (χ0) is 21.3. The number of carbonyl (C=O) groups excluding carboxylic acids is 1. The van der Waals surface area contributed by atoms with Crippen molar-refractivity contribution < 1.29 is 14.3 Å². The first-order chi connectivity index (χ1) is 13.7. The highest BCUT2D eigenvalue weighted by Crippen LogP contribution is 2.34. The van der Waals surface area contributed by atoms with Crippen LogP contribution in [0.4, 0.5) is 17.1 Å². The quantitative estimate of drug-likeness (QED) is 0.415. The van der Waals surface area contributed by atoms with Gasteiger partial charge in [0.2, 0.25) is 0 Å². The summed E-state index contributed by atoms with van der Waals surface area (Å²) >= 11 is 0. The monoisotopic (exact) mass is 397 g/mol. The summed E-state index contributed by atoms with van der Waals surface area (Å²) in [5.41, 5.74) is -0.940. The van der Waals surface area contributed by atoms with Crippen LogP contribution in [0.25, 0.3) is 0 Å². The minimum atomic E-state index is -0.696. The lowest BCUT2D eigenvalue weighted by Crippen LogP contribution is -2.38. The van der Waals surface area contributed by atoms with E-state index in [2.05, 4.69) is 10.6 Å². The van der Waals surface area contributed by atoms with Gasteiger partial charge in [0.05, 0.1) is 23.6 Å². The van der Waals surface area contributed by atoms with Crippen LogP contribution < -0.4 is 21.5 Å². The van der Waals surface area contributed by atoms with Crippen LogP contribution in [0.1, 0.15) is 36.0 Å². The molecule has 1 atom stereocenters. The molecule has 3 N–H and O–H groups in total. The lowest BCUT2D eigenvalue weighted by molar-refractivity contribution is 0.0824. The fourth-order valence-electron chi connectivity index (χ4n) is 3.03. The van der Waals surface area contributed by atoms with Crippen molar-refractivity contribution in [3.8, 4) is 5.75 Å². The Kier molecular flexibility index (Phi) is 5.45. The lowest BCUT2D eigenvalue weighted by Gasteiger charge is -2.24. The maximum atomic E-state index is 12.2. The Morgan fingerprint density at radius 2 is 1.76 bits per heavy atom. The van der Waals surface area contributed by atoms with Gasteiger partial charge in [0, 0.05) is 14.1 Å². The van der Waals surface area contributed by atoms with Crippen LogP contribution in [0.15, 0.2) is 50.6 Å². The second-order valence-electron chi connectivity index (χ2n) is 7.32. The van der Waals surface area contributed by atoms with E-state index in [0.29, 0.717) is 5.76 Å². The third-order valence-corrected chi connectivity index (χ3v) is 4.66. The number of nitrogens with zero attached hydrogens (tertiary/aromatic N) is 1. The summed E-state index contributed by atoms with van der Waals surface area (Å²) in [6, 6.07) is 7.81. The van der Waals surface area contributed by atoms with Crippen molar-refractivity contribution in [2.24, 2.45) is 5.92 Å². The number of aromatic hydroxyl groups is 1. The summed E-state index contributed by atoms with van der Waals surface area (Å²) in [5, 5.41) is 16.3. The third-order valence-electron chi connectivity index (χ3n) is 4.66. The summed E-state index contributed by atoms with van der Waals surface area (Å²) in [4.78, 5) is 37.9. The Bertz CT molecular complexity index is 1090. The fourth-order valence-corrected chi connectivity index (χ4v) is 3.03. The highest BCUT2D eigenvalue weighted by molar-refractivity contribution is 5.99. The molecule has 2 aromatic carbocycles. The average Bonchev–Trinajstić information content (AvgIpc) is 3.21. The molecule has 0 fully saturated rings. The molecule has 3 rings (SSSR count). The van der Waals surface area contributed by atoms with Crippen molar-refractivity contribution in [2.45, 2.75) is 19.9 Å². The lowest BCUT2D eigenvalue weighted by atomic mass is 10.0. The van der Waals surface area contributed by atoms with Crippen LogP contribution >= 0.6 is 0 Å². The van der Waals surface area contributed by atoms with Crippen LogP contribution in [0.5, 0.6) is 5.75 Å². The molecule has 0 saturated carbocycles. The number of nitrogens with one attached hydrogen (secondary N) is 2. The molecule has 29 heavy (non-hydrogen) atoms. The van der Waals surface area contributed by atoms with E-state index in [0.717, 1.165) is 0 Å². The Labute approximate surface area is 167 Å². The average molecular weight is 397 g/mol. The number of phenols is 1. The summed E-state index contributed by atoms with van der Waals surface area (Å²) in [6.07, 6.45) is 1.54. The molecule has 0 radical (unpaired) electrons. The van der Waals surface area contributed by atoms with E-state index in [9.17, 15) is 19.5 Å². The molecule has 8 nitrogen and oxygen atoms in total. The third kappa shape index (κ3) is 3.73. The molecule has 0 aliphatic heterocycles. The van der Waals surface area contributed by atoms with Crippen molar-refractivity contribution in [1.82, 2.24) is 4.90 Å². The number of amides is 1. The molecule has 0 spiro atoms. The molecule has 8 heteroatoms. The fraction of sp³-hybridized carbons (Fsp3) is 0.286. The number of furan rings is 1. The predicted molar refractivity (Wildman–Crippen MR) is 111 cm³/mol. The SMILES string of the molecule is CC(C)[C@H](Nc1c(Nc2cccc(C(=O)N(C)C)c2O)c(=O)c1=O)c1ccco1. The van der Waals surface area contributed by atoms with Crippen LogP contribution in [-0.4, -0.2) is 30.0 Å². The first-order valence-electron chi connectivity index (χ1n) is 9.16. The maximum absolute atomic E-state index is 12.2. The number of phenolic OH excluding ortho intramolecular Hbond substituents is 1. The minimum Gasteiger partial charge on any atom is -0.505 e. The van der Waals surface area contributed by atoms with E-state index in [1.54, 1.807) is 38.6 Å². The van der Waals surface area contributed by atoms with Gasteiger partial charge in [-0.25, -0.2) is 0 Å². The topological polar surface area (TPSA) is 112 Å². The Morgan fingerprint density at radius 1 is 1.07 bits per heavy atom. The summed E-state index contributed by atoms with van der Waals surface area (Å²) in [6.45, 7) is 3.92. The zero-order valence-electron chi connectivity index (χ0n) is 16.6. The summed E-state index contributed by atoms with van der Waals surface area (Å²) in [5.74, 6) is 0.0390. The van der Waals surface area contributed by atoms with Gasteiger partial charge < -0.3 is 25.1 Å². The van der Waals surface area contributed by atoms with Crippen LogP contribution in [0.3, 0.4) is 0 Å². The van der Waals surface area contributed by atoms with Crippen LogP contribution in [-0.2, 0) is 0 Å². The number of benzene rings is 1. The molecule has 0 unspecified atom stereocenters. The number of carbonyl (C=O) groups is 1. The maximum Gasteiger partial charge on any atom is 0.257 e. The van der Waals surface area contributed by atoms with Crippen molar-refractivity contribution in [3.63, 3.8) is 0 Å². The second-order valence-corrected chi connectivity index (χ2v) is 7.32. The Balaban J connectivity index is 1.92. The molecule has 1 heterocycles. The molecule has 3 aromatic rings. The molecular formula is C21H23N3O5. The molecule has 1 aromatic heterocycles. The van der Waals surface area contributed by atoms with Gasteiger partial charge in [-0.05, 0) is 30.2 Å². The van der Waals surface area contributed by atoms with Gasteiger partial charge in [-0.3, -0.25) is 14.4 Å². The largest absolute Gasteiger partial charge is 0.505 e. The summed E-state index contributed by atoms with van der Waals surface area (Å²) < 4.78 is 5.44. The van der Waals surface area contributed by atoms with Gasteiger partial charge in [-0.15, -0.1) is 0 Å². The van der Waals surface area contributed by atoms with E-state index >= 15 is 0 Å². The van der Waals surface area contributed by atoms with Crippen molar-refractivity contribution in [3.05, 3.63) is 68.4 Å². The van der Waals surface area contributed by atoms with E-state index in [-0.39, 0.29) is 46.2 Å². The molecule has 0 bridgehead atoms. The first-order valence-corrected chi connectivity index (χ1v) is 9.16. The van der Waals surface area contributed by atoms with E-state index < -0.39 is 10.9 Å². The molecule has 0 aliphatic rings. The van der Waals surface area contributed by atoms with Crippen LogP contribution in [0, 0.1) is 5.92 Å². The number of para-hydroxylation sites is 1. The smallest absolute Gasteiger partial charge is 0.257 e. The summed E-state index contributed by atoms with van der Waals surface area (Å²) in [7, 11) is 3.14. The molecule has 0 saturated heterocycles.